The van der Waals surface area contributed by atoms with Crippen LogP contribution in [0.4, 0.5) is 11.4 Å². The Bertz CT molecular complexity index is 687. The molecule has 2 rings (SSSR count). The number of nitro benzene ring substituents is 2. The summed E-state index contributed by atoms with van der Waals surface area (Å²) in [4.78, 5) is 34.6. The normalized spacial score (nSPS) is 16.7. The molecule has 0 spiro atoms. The monoisotopic (exact) mass is 424 g/mol. The summed E-state index contributed by atoms with van der Waals surface area (Å²) in [7, 11) is 0. The van der Waals surface area contributed by atoms with E-state index in [4.69, 9.17) is 34.8 Å². The average molecular weight is 426 g/mol. The Kier molecular flexibility index (Phi) is 6.62. The molecule has 1 saturated heterocycles. The average Bonchev–Trinajstić information content (AvgIpc) is 2.58. The molecule has 1 amide bonds. The zero-order chi connectivity index (χ0) is 19.5. The molecule has 26 heavy (non-hydrogen) atoms. The van der Waals surface area contributed by atoms with Crippen molar-refractivity contribution in [2.75, 3.05) is 13.1 Å². The summed E-state index contributed by atoms with van der Waals surface area (Å²) in [5, 5.41) is 24.4. The van der Waals surface area contributed by atoms with E-state index in [1.165, 1.54) is 0 Å². The Balaban J connectivity index is 2.31. The molecule has 0 radical (unpaired) electrons. The van der Waals surface area contributed by atoms with Gasteiger partial charge < -0.3 is 5.32 Å². The van der Waals surface area contributed by atoms with Crippen LogP contribution in [0.2, 0.25) is 0 Å². The number of rotatable bonds is 5. The van der Waals surface area contributed by atoms with Crippen LogP contribution in [-0.2, 0) is 0 Å². The fraction of sp³-hybridized carbons (Fsp3) is 0.500. The van der Waals surface area contributed by atoms with Crippen LogP contribution in [0.25, 0.3) is 0 Å². The maximum atomic E-state index is 12.5. The van der Waals surface area contributed by atoms with Gasteiger partial charge in [-0.25, -0.2) is 0 Å². The van der Waals surface area contributed by atoms with Crippen molar-refractivity contribution in [3.63, 3.8) is 0 Å². The van der Waals surface area contributed by atoms with Crippen LogP contribution in [0, 0.1) is 20.2 Å². The van der Waals surface area contributed by atoms with Gasteiger partial charge in [0.2, 0.25) is 3.79 Å². The molecular formula is C14H15Cl3N4O5. The third-order valence-electron chi connectivity index (χ3n) is 3.92. The number of piperidine rings is 1. The van der Waals surface area contributed by atoms with E-state index in [1.54, 1.807) is 4.90 Å². The molecule has 0 unspecified atom stereocenters. The molecule has 1 aliphatic rings. The number of non-ortho nitro benzene ring substituents is 2. The summed E-state index contributed by atoms with van der Waals surface area (Å²) in [6.45, 7) is 1.21. The maximum absolute atomic E-state index is 12.5. The third-order valence-corrected chi connectivity index (χ3v) is 4.54. The molecule has 12 heteroatoms. The predicted octanol–water partition coefficient (Wildman–Crippen LogP) is 3.42. The predicted molar refractivity (Wildman–Crippen MR) is 96.7 cm³/mol. The van der Waals surface area contributed by atoms with Gasteiger partial charge in [-0.15, -0.1) is 0 Å². The van der Waals surface area contributed by atoms with Crippen LogP contribution in [0.3, 0.4) is 0 Å². The van der Waals surface area contributed by atoms with E-state index in [0.29, 0.717) is 13.1 Å². The van der Waals surface area contributed by atoms with Gasteiger partial charge in [0, 0.05) is 25.2 Å². The van der Waals surface area contributed by atoms with Gasteiger partial charge in [0.15, 0.2) is 0 Å². The first-order chi connectivity index (χ1) is 12.1. The van der Waals surface area contributed by atoms with Crippen molar-refractivity contribution in [2.45, 2.75) is 29.2 Å². The molecule has 1 N–H and O–H groups in total. The zero-order valence-corrected chi connectivity index (χ0v) is 15.6. The first-order valence-electron chi connectivity index (χ1n) is 7.65. The molecule has 0 bridgehead atoms. The van der Waals surface area contributed by atoms with Gasteiger partial charge in [-0.3, -0.25) is 29.9 Å². The smallest absolute Gasteiger partial charge is 0.277 e. The van der Waals surface area contributed by atoms with Crippen LogP contribution in [0.1, 0.15) is 29.6 Å². The highest BCUT2D eigenvalue weighted by Crippen LogP contribution is 2.34. The highest BCUT2D eigenvalue weighted by Gasteiger charge is 2.39. The number of alkyl halides is 3. The van der Waals surface area contributed by atoms with Crippen molar-refractivity contribution < 1.29 is 14.6 Å². The van der Waals surface area contributed by atoms with Gasteiger partial charge in [0.05, 0.1) is 21.5 Å². The summed E-state index contributed by atoms with van der Waals surface area (Å²) >= 11 is 18.0. The SMILES string of the molecule is O=C(N[C@@H](N1CCCCC1)C(Cl)(Cl)Cl)c1cc([N+](=O)[O-])cc([N+](=O)[O-])c1. The second-order valence-corrected chi connectivity index (χ2v) is 8.14. The Morgan fingerprint density at radius 2 is 1.54 bits per heavy atom. The minimum absolute atomic E-state index is 0.262. The zero-order valence-electron chi connectivity index (χ0n) is 13.4. The summed E-state index contributed by atoms with van der Waals surface area (Å²) in [5.74, 6) is -0.807. The second kappa shape index (κ2) is 8.34. The Morgan fingerprint density at radius 1 is 1.04 bits per heavy atom. The molecule has 9 nitrogen and oxygen atoms in total. The number of hydrogen-bond acceptors (Lipinski definition) is 6. The summed E-state index contributed by atoms with van der Waals surface area (Å²) < 4.78 is -1.85. The van der Waals surface area contributed by atoms with E-state index >= 15 is 0 Å². The number of nitrogens with zero attached hydrogens (tertiary/aromatic N) is 3. The number of likely N-dealkylation sites (tertiary alicyclic amines) is 1. The summed E-state index contributed by atoms with van der Waals surface area (Å²) in [6.07, 6.45) is 1.79. The van der Waals surface area contributed by atoms with E-state index in [0.717, 1.165) is 37.5 Å². The van der Waals surface area contributed by atoms with E-state index in [2.05, 4.69) is 5.32 Å². The van der Waals surface area contributed by atoms with Crippen LogP contribution >= 0.6 is 34.8 Å². The van der Waals surface area contributed by atoms with E-state index < -0.39 is 37.1 Å². The van der Waals surface area contributed by atoms with Gasteiger partial charge in [0.1, 0.15) is 6.17 Å². The topological polar surface area (TPSA) is 119 Å². The Labute approximate surface area is 163 Å². The molecule has 1 fully saturated rings. The fourth-order valence-electron chi connectivity index (χ4n) is 2.70. The molecule has 142 valence electrons. The summed E-state index contributed by atoms with van der Waals surface area (Å²) in [6, 6.07) is 2.65. The molecule has 0 saturated carbocycles. The van der Waals surface area contributed by atoms with E-state index in [-0.39, 0.29) is 5.56 Å². The lowest BCUT2D eigenvalue weighted by molar-refractivity contribution is -0.394. The number of carbonyl (C=O) groups excluding carboxylic acids is 1. The quantitative estimate of drug-likeness (QED) is 0.438. The molecule has 0 aliphatic carbocycles. The Hall–Kier alpha value is -1.68. The van der Waals surface area contributed by atoms with Gasteiger partial charge in [0.25, 0.3) is 17.3 Å². The molecule has 1 atom stereocenters. The maximum Gasteiger partial charge on any atom is 0.277 e. The molecule has 1 aromatic carbocycles. The molecular weight excluding hydrogens is 411 g/mol. The minimum Gasteiger partial charge on any atom is -0.332 e. The van der Waals surface area contributed by atoms with Gasteiger partial charge in [-0.05, 0) is 12.8 Å². The standard InChI is InChI=1S/C14H15Cl3N4O5/c15-14(16,17)13(19-4-2-1-3-5-19)18-12(22)9-6-10(20(23)24)8-11(7-9)21(25)26/h6-8,13H,1-5H2,(H,18,22)/t13-/m0/s1. The van der Waals surface area contributed by atoms with Crippen LogP contribution in [-0.4, -0.2) is 43.7 Å². The number of carbonyl (C=O) groups is 1. The minimum atomic E-state index is -1.85. The number of amides is 1. The molecule has 1 aromatic rings. The number of hydrogen-bond donors (Lipinski definition) is 1. The molecule has 1 aliphatic heterocycles. The van der Waals surface area contributed by atoms with Crippen molar-refractivity contribution >= 4 is 52.1 Å². The van der Waals surface area contributed by atoms with Crippen LogP contribution < -0.4 is 5.32 Å². The third kappa shape index (κ3) is 5.16. The molecule has 1 heterocycles. The fourth-order valence-corrected chi connectivity index (χ4v) is 3.28. The first-order valence-corrected chi connectivity index (χ1v) is 8.78. The number of benzene rings is 1. The Morgan fingerprint density at radius 3 is 1.96 bits per heavy atom. The van der Waals surface area contributed by atoms with Crippen LogP contribution in [0.5, 0.6) is 0 Å². The van der Waals surface area contributed by atoms with Gasteiger partial charge in [-0.1, -0.05) is 41.2 Å². The van der Waals surface area contributed by atoms with Crippen molar-refractivity contribution in [1.29, 1.82) is 0 Å². The lowest BCUT2D eigenvalue weighted by Gasteiger charge is -2.38. The summed E-state index contributed by atoms with van der Waals surface area (Å²) in [5.41, 5.74) is -1.41. The van der Waals surface area contributed by atoms with Gasteiger partial charge >= 0.3 is 0 Å². The van der Waals surface area contributed by atoms with Crippen LogP contribution in [0.15, 0.2) is 18.2 Å². The largest absolute Gasteiger partial charge is 0.332 e. The highest BCUT2D eigenvalue weighted by atomic mass is 35.6. The van der Waals surface area contributed by atoms with Crippen molar-refractivity contribution in [3.8, 4) is 0 Å². The van der Waals surface area contributed by atoms with Gasteiger partial charge in [-0.2, -0.15) is 0 Å². The van der Waals surface area contributed by atoms with Crippen molar-refractivity contribution in [2.24, 2.45) is 0 Å². The second-order valence-electron chi connectivity index (χ2n) is 5.77. The number of nitrogens with one attached hydrogen (secondary N) is 1. The lowest BCUT2D eigenvalue weighted by Crippen LogP contribution is -2.56. The molecule has 0 aromatic heterocycles. The van der Waals surface area contributed by atoms with Crippen molar-refractivity contribution in [1.82, 2.24) is 10.2 Å². The first kappa shape index (κ1) is 20.6. The highest BCUT2D eigenvalue weighted by molar-refractivity contribution is 6.68. The lowest BCUT2D eigenvalue weighted by atomic mass is 10.1. The van der Waals surface area contributed by atoms with Crippen molar-refractivity contribution in [3.05, 3.63) is 44.0 Å². The van der Waals surface area contributed by atoms with E-state index in [9.17, 15) is 25.0 Å². The van der Waals surface area contributed by atoms with E-state index in [1.807, 2.05) is 0 Å². The number of nitro groups is 2. The number of halogens is 3.